The van der Waals surface area contributed by atoms with Gasteiger partial charge in [-0.2, -0.15) is 0 Å². The minimum atomic E-state index is -0.0134. The molecule has 0 saturated carbocycles. The van der Waals surface area contributed by atoms with Crippen LogP contribution in [0.15, 0.2) is 0 Å². The third-order valence-electron chi connectivity index (χ3n) is 7.10. The van der Waals surface area contributed by atoms with Crippen LogP contribution in [0.5, 0.6) is 0 Å². The highest BCUT2D eigenvalue weighted by atomic mass is 16.5. The van der Waals surface area contributed by atoms with Crippen LogP contribution in [0.25, 0.3) is 0 Å². The van der Waals surface area contributed by atoms with Crippen LogP contribution in [0.1, 0.15) is 163 Å². The molecule has 0 spiro atoms. The fraction of sp³-hybridized carbons (Fsp3) is 0.935. The van der Waals surface area contributed by atoms with Crippen molar-refractivity contribution in [3.05, 3.63) is 0 Å². The first kappa shape index (κ1) is 33.9. The van der Waals surface area contributed by atoms with E-state index in [0.29, 0.717) is 37.9 Å². The Morgan fingerprint density at radius 3 is 1.46 bits per heavy atom. The van der Waals surface area contributed by atoms with E-state index in [0.717, 1.165) is 44.9 Å². The summed E-state index contributed by atoms with van der Waals surface area (Å²) in [6.45, 7) is 10.0. The molecule has 0 aromatic rings. The Kier molecular flexibility index (Phi) is 25.2. The SMILES string of the molecule is CCCCCCOC(=O)CCCCCCCCCCCCC(CC(=O)OCCCCCC)C(C)C. The quantitative estimate of drug-likeness (QED) is 0.0883. The van der Waals surface area contributed by atoms with Crippen LogP contribution < -0.4 is 0 Å². The lowest BCUT2D eigenvalue weighted by atomic mass is 9.87. The van der Waals surface area contributed by atoms with Gasteiger partial charge in [-0.05, 0) is 37.5 Å². The molecule has 0 fully saturated rings. The van der Waals surface area contributed by atoms with Crippen LogP contribution in [-0.2, 0) is 19.1 Å². The molecule has 0 aliphatic rings. The highest BCUT2D eigenvalue weighted by Crippen LogP contribution is 2.23. The predicted molar refractivity (Wildman–Crippen MR) is 149 cm³/mol. The average molecular weight is 497 g/mol. The summed E-state index contributed by atoms with van der Waals surface area (Å²) in [6.07, 6.45) is 23.9. The van der Waals surface area contributed by atoms with Crippen LogP contribution in [0.2, 0.25) is 0 Å². The van der Waals surface area contributed by atoms with Crippen LogP contribution in [0, 0.1) is 11.8 Å². The van der Waals surface area contributed by atoms with Crippen LogP contribution in [0.3, 0.4) is 0 Å². The normalized spacial score (nSPS) is 12.1. The maximum absolute atomic E-state index is 12.2. The molecule has 1 atom stereocenters. The van der Waals surface area contributed by atoms with Gasteiger partial charge >= 0.3 is 11.9 Å². The molecule has 0 aliphatic heterocycles. The van der Waals surface area contributed by atoms with Crippen molar-refractivity contribution in [1.82, 2.24) is 0 Å². The van der Waals surface area contributed by atoms with Crippen molar-refractivity contribution in [3.8, 4) is 0 Å². The molecule has 0 aromatic heterocycles. The molecule has 0 aromatic carbocycles. The molecule has 35 heavy (non-hydrogen) atoms. The number of ether oxygens (including phenoxy) is 2. The standard InChI is InChI=1S/C31H60O4/c1-5-7-9-21-25-34-30(32)24-20-18-16-14-12-11-13-15-17-19-23-29(28(3)4)27-31(33)35-26-22-10-8-6-2/h28-29H,5-27H2,1-4H3. The molecule has 0 aliphatic carbocycles. The molecular weight excluding hydrogens is 436 g/mol. The maximum atomic E-state index is 12.2. The highest BCUT2D eigenvalue weighted by Gasteiger charge is 2.18. The van der Waals surface area contributed by atoms with E-state index < -0.39 is 0 Å². The van der Waals surface area contributed by atoms with Crippen molar-refractivity contribution in [2.45, 2.75) is 163 Å². The van der Waals surface area contributed by atoms with Crippen molar-refractivity contribution in [1.29, 1.82) is 0 Å². The Morgan fingerprint density at radius 2 is 0.971 bits per heavy atom. The van der Waals surface area contributed by atoms with Gasteiger partial charge in [0.25, 0.3) is 0 Å². The first-order valence-electron chi connectivity index (χ1n) is 15.3. The molecule has 0 heterocycles. The molecule has 208 valence electrons. The second kappa shape index (κ2) is 26.0. The first-order chi connectivity index (χ1) is 17.0. The number of unbranched alkanes of at least 4 members (excludes halogenated alkanes) is 15. The van der Waals surface area contributed by atoms with Gasteiger partial charge in [0.05, 0.1) is 13.2 Å². The molecule has 0 bridgehead atoms. The third kappa shape index (κ3) is 24.4. The molecule has 1 unspecified atom stereocenters. The Hall–Kier alpha value is -1.06. The van der Waals surface area contributed by atoms with Gasteiger partial charge in [-0.25, -0.2) is 0 Å². The number of carbonyl (C=O) groups excluding carboxylic acids is 2. The summed E-state index contributed by atoms with van der Waals surface area (Å²) >= 11 is 0. The van der Waals surface area contributed by atoms with E-state index in [9.17, 15) is 9.59 Å². The van der Waals surface area contributed by atoms with E-state index in [1.165, 1.54) is 77.0 Å². The zero-order valence-corrected chi connectivity index (χ0v) is 24.1. The molecule has 4 heteroatoms. The van der Waals surface area contributed by atoms with E-state index in [1.807, 2.05) is 0 Å². The van der Waals surface area contributed by atoms with E-state index in [2.05, 4.69) is 27.7 Å². The number of rotatable bonds is 26. The Morgan fingerprint density at radius 1 is 0.543 bits per heavy atom. The van der Waals surface area contributed by atoms with Crippen LogP contribution >= 0.6 is 0 Å². The Bertz CT molecular complexity index is 475. The number of hydrogen-bond donors (Lipinski definition) is 0. The topological polar surface area (TPSA) is 52.6 Å². The zero-order chi connectivity index (χ0) is 26.0. The van der Waals surface area contributed by atoms with Crippen molar-refractivity contribution in [2.75, 3.05) is 13.2 Å². The predicted octanol–water partition coefficient (Wildman–Crippen LogP) is 9.58. The fourth-order valence-corrected chi connectivity index (χ4v) is 4.54. The fourth-order valence-electron chi connectivity index (χ4n) is 4.54. The summed E-state index contributed by atoms with van der Waals surface area (Å²) < 4.78 is 10.7. The van der Waals surface area contributed by atoms with Gasteiger partial charge < -0.3 is 9.47 Å². The largest absolute Gasteiger partial charge is 0.466 e. The zero-order valence-electron chi connectivity index (χ0n) is 24.1. The molecule has 4 nitrogen and oxygen atoms in total. The average Bonchev–Trinajstić information content (AvgIpc) is 2.83. The summed E-state index contributed by atoms with van der Waals surface area (Å²) in [6, 6.07) is 0. The van der Waals surface area contributed by atoms with Gasteiger partial charge in [0, 0.05) is 12.8 Å². The summed E-state index contributed by atoms with van der Waals surface area (Å²) in [7, 11) is 0. The van der Waals surface area contributed by atoms with E-state index in [4.69, 9.17) is 9.47 Å². The Balaban J connectivity index is 3.53. The molecule has 0 saturated heterocycles. The second-order valence-corrected chi connectivity index (χ2v) is 10.8. The molecular formula is C31H60O4. The van der Waals surface area contributed by atoms with Crippen molar-refractivity contribution < 1.29 is 19.1 Å². The van der Waals surface area contributed by atoms with Crippen molar-refractivity contribution in [2.24, 2.45) is 11.8 Å². The first-order valence-corrected chi connectivity index (χ1v) is 15.3. The Labute approximate surface area is 218 Å². The van der Waals surface area contributed by atoms with Crippen LogP contribution in [-0.4, -0.2) is 25.2 Å². The van der Waals surface area contributed by atoms with E-state index in [-0.39, 0.29) is 11.9 Å². The van der Waals surface area contributed by atoms with Crippen molar-refractivity contribution in [3.63, 3.8) is 0 Å². The molecule has 0 radical (unpaired) electrons. The van der Waals surface area contributed by atoms with Gasteiger partial charge in [-0.1, -0.05) is 124 Å². The second-order valence-electron chi connectivity index (χ2n) is 10.8. The van der Waals surface area contributed by atoms with Gasteiger partial charge in [-0.3, -0.25) is 9.59 Å². The molecule has 0 amide bonds. The van der Waals surface area contributed by atoms with E-state index in [1.54, 1.807) is 0 Å². The van der Waals surface area contributed by atoms with Crippen molar-refractivity contribution >= 4 is 11.9 Å². The maximum Gasteiger partial charge on any atom is 0.306 e. The minimum absolute atomic E-state index is 0.000464. The smallest absolute Gasteiger partial charge is 0.306 e. The summed E-state index contributed by atoms with van der Waals surface area (Å²) in [5.74, 6) is 0.978. The lowest BCUT2D eigenvalue weighted by molar-refractivity contribution is -0.145. The summed E-state index contributed by atoms with van der Waals surface area (Å²) in [5, 5.41) is 0. The number of esters is 2. The third-order valence-corrected chi connectivity index (χ3v) is 7.10. The van der Waals surface area contributed by atoms with Crippen LogP contribution in [0.4, 0.5) is 0 Å². The van der Waals surface area contributed by atoms with Gasteiger partial charge in [-0.15, -0.1) is 0 Å². The molecule has 0 rings (SSSR count). The van der Waals surface area contributed by atoms with E-state index >= 15 is 0 Å². The highest BCUT2D eigenvalue weighted by molar-refractivity contribution is 5.69. The monoisotopic (exact) mass is 496 g/mol. The number of hydrogen-bond acceptors (Lipinski definition) is 4. The lowest BCUT2D eigenvalue weighted by Crippen LogP contribution is -2.17. The number of carbonyl (C=O) groups is 2. The van der Waals surface area contributed by atoms with Gasteiger partial charge in [0.2, 0.25) is 0 Å². The summed E-state index contributed by atoms with van der Waals surface area (Å²) in [5.41, 5.74) is 0. The molecule has 0 N–H and O–H groups in total. The van der Waals surface area contributed by atoms with Gasteiger partial charge in [0.15, 0.2) is 0 Å². The summed E-state index contributed by atoms with van der Waals surface area (Å²) in [4.78, 5) is 23.8. The lowest BCUT2D eigenvalue weighted by Gasteiger charge is -2.20. The van der Waals surface area contributed by atoms with Gasteiger partial charge in [0.1, 0.15) is 0 Å². The minimum Gasteiger partial charge on any atom is -0.466 e.